The second-order valence-corrected chi connectivity index (χ2v) is 4.51. The van der Waals surface area contributed by atoms with E-state index in [2.05, 4.69) is 5.32 Å². The zero-order valence-electron chi connectivity index (χ0n) is 10.0. The van der Waals surface area contributed by atoms with Gasteiger partial charge < -0.3 is 14.8 Å². The molecule has 18 heavy (non-hydrogen) atoms. The largest absolute Gasteiger partial charge is 0.485 e. The summed E-state index contributed by atoms with van der Waals surface area (Å²) in [5.41, 5.74) is 0.950. The fourth-order valence-corrected chi connectivity index (χ4v) is 2.24. The van der Waals surface area contributed by atoms with Crippen LogP contribution in [0.3, 0.4) is 0 Å². The first kappa shape index (κ1) is 11.3. The van der Waals surface area contributed by atoms with E-state index in [1.165, 1.54) is 0 Å². The first-order valence-electron chi connectivity index (χ1n) is 6.20. The topological polar surface area (TPSA) is 47.6 Å². The molecule has 1 fully saturated rings. The van der Waals surface area contributed by atoms with Crippen LogP contribution in [0.2, 0.25) is 0 Å². The van der Waals surface area contributed by atoms with Crippen molar-refractivity contribution in [3.63, 3.8) is 0 Å². The average Bonchev–Trinajstić information content (AvgIpc) is 2.92. The van der Waals surface area contributed by atoms with Crippen LogP contribution < -0.4 is 10.1 Å². The number of carbonyl (C=O) groups excluding carboxylic acids is 1. The lowest BCUT2D eigenvalue weighted by Gasteiger charge is -2.18. The number of rotatable bonds is 2. The summed E-state index contributed by atoms with van der Waals surface area (Å²) >= 11 is 0. The van der Waals surface area contributed by atoms with Crippen LogP contribution in [0, 0.1) is 0 Å². The van der Waals surface area contributed by atoms with Crippen molar-refractivity contribution >= 4 is 12.0 Å². The van der Waals surface area contributed by atoms with E-state index >= 15 is 0 Å². The molecule has 1 atom stereocenters. The SMILES string of the molecule is O=C(OC1=Cc2ccccc2OC1)[C@@H]1CCCN1. The minimum absolute atomic E-state index is 0.164. The molecule has 2 heterocycles. The van der Waals surface area contributed by atoms with E-state index in [0.29, 0.717) is 12.4 Å². The molecule has 0 bridgehead atoms. The van der Waals surface area contributed by atoms with Crippen LogP contribution in [0.5, 0.6) is 5.75 Å². The Morgan fingerprint density at radius 2 is 2.28 bits per heavy atom. The Morgan fingerprint density at radius 1 is 1.39 bits per heavy atom. The van der Waals surface area contributed by atoms with Crippen molar-refractivity contribution in [1.82, 2.24) is 5.32 Å². The summed E-state index contributed by atoms with van der Waals surface area (Å²) in [4.78, 5) is 11.8. The smallest absolute Gasteiger partial charge is 0.328 e. The van der Waals surface area contributed by atoms with Crippen LogP contribution >= 0.6 is 0 Å². The lowest BCUT2D eigenvalue weighted by atomic mass is 10.1. The fourth-order valence-electron chi connectivity index (χ4n) is 2.24. The minimum atomic E-state index is -0.207. The van der Waals surface area contributed by atoms with E-state index in [0.717, 1.165) is 30.7 Å². The minimum Gasteiger partial charge on any atom is -0.485 e. The first-order chi connectivity index (χ1) is 8.83. The van der Waals surface area contributed by atoms with Gasteiger partial charge in [-0.25, -0.2) is 4.79 Å². The lowest BCUT2D eigenvalue weighted by molar-refractivity contribution is -0.142. The molecule has 0 amide bonds. The Balaban J connectivity index is 1.71. The molecule has 94 valence electrons. The summed E-state index contributed by atoms with van der Waals surface area (Å²) in [7, 11) is 0. The Bertz CT molecular complexity index is 490. The molecule has 0 aromatic heterocycles. The van der Waals surface area contributed by atoms with Crippen molar-refractivity contribution in [3.8, 4) is 5.75 Å². The van der Waals surface area contributed by atoms with Crippen LogP contribution in [0.1, 0.15) is 18.4 Å². The molecule has 2 aliphatic rings. The number of hydrogen-bond acceptors (Lipinski definition) is 4. The number of para-hydroxylation sites is 1. The van der Waals surface area contributed by atoms with Crippen molar-refractivity contribution in [2.24, 2.45) is 0 Å². The summed E-state index contributed by atoms with van der Waals surface area (Å²) in [6.07, 6.45) is 3.74. The van der Waals surface area contributed by atoms with E-state index in [9.17, 15) is 4.79 Å². The van der Waals surface area contributed by atoms with Crippen molar-refractivity contribution in [2.45, 2.75) is 18.9 Å². The average molecular weight is 245 g/mol. The number of nitrogens with one attached hydrogen (secondary N) is 1. The maximum absolute atomic E-state index is 11.8. The monoisotopic (exact) mass is 245 g/mol. The number of benzene rings is 1. The standard InChI is InChI=1S/C14H15NO3/c16-14(12-5-3-7-15-12)18-11-8-10-4-1-2-6-13(10)17-9-11/h1-2,4,6,8,12,15H,3,5,7,9H2/t12-/m0/s1. The molecular weight excluding hydrogens is 230 g/mol. The van der Waals surface area contributed by atoms with E-state index in [4.69, 9.17) is 9.47 Å². The Kier molecular flexibility index (Phi) is 3.02. The van der Waals surface area contributed by atoms with Gasteiger partial charge in [-0.3, -0.25) is 0 Å². The number of esters is 1. The molecule has 3 rings (SSSR count). The number of hydrogen-bond donors (Lipinski definition) is 1. The van der Waals surface area contributed by atoms with Gasteiger partial charge in [-0.15, -0.1) is 0 Å². The molecule has 1 aromatic carbocycles. The summed E-state index contributed by atoms with van der Waals surface area (Å²) in [6.45, 7) is 1.20. The highest BCUT2D eigenvalue weighted by molar-refractivity contribution is 5.78. The lowest BCUT2D eigenvalue weighted by Crippen LogP contribution is -2.33. The summed E-state index contributed by atoms with van der Waals surface area (Å²) in [6, 6.07) is 7.54. The predicted octanol–water partition coefficient (Wildman–Crippen LogP) is 1.72. The zero-order valence-corrected chi connectivity index (χ0v) is 10.0. The molecule has 1 aromatic rings. The molecule has 2 aliphatic heterocycles. The maximum Gasteiger partial charge on any atom is 0.328 e. The Hall–Kier alpha value is -1.81. The highest BCUT2D eigenvalue weighted by Gasteiger charge is 2.25. The normalized spacial score (nSPS) is 21.8. The van der Waals surface area contributed by atoms with Gasteiger partial charge in [-0.2, -0.15) is 0 Å². The first-order valence-corrected chi connectivity index (χ1v) is 6.20. The van der Waals surface area contributed by atoms with Gasteiger partial charge in [0.15, 0.2) is 0 Å². The molecule has 1 saturated heterocycles. The van der Waals surface area contributed by atoms with Crippen molar-refractivity contribution < 1.29 is 14.3 Å². The molecule has 4 nitrogen and oxygen atoms in total. The van der Waals surface area contributed by atoms with Gasteiger partial charge in [0.05, 0.1) is 0 Å². The summed E-state index contributed by atoms with van der Waals surface area (Å²) < 4.78 is 10.9. The van der Waals surface area contributed by atoms with Gasteiger partial charge in [0.25, 0.3) is 0 Å². The van der Waals surface area contributed by atoms with Crippen molar-refractivity contribution in [1.29, 1.82) is 0 Å². The highest BCUT2D eigenvalue weighted by atomic mass is 16.6. The van der Waals surface area contributed by atoms with Crippen molar-refractivity contribution in [3.05, 3.63) is 35.6 Å². The molecule has 4 heteroatoms. The third-order valence-corrected chi connectivity index (χ3v) is 3.18. The number of fused-ring (bicyclic) bond motifs is 1. The maximum atomic E-state index is 11.8. The van der Waals surface area contributed by atoms with Crippen LogP contribution in [-0.2, 0) is 9.53 Å². The second-order valence-electron chi connectivity index (χ2n) is 4.51. The van der Waals surface area contributed by atoms with Crippen LogP contribution in [-0.4, -0.2) is 25.2 Å². The number of ether oxygens (including phenoxy) is 2. The quantitative estimate of drug-likeness (QED) is 0.806. The van der Waals surface area contributed by atoms with E-state index in [1.54, 1.807) is 0 Å². The molecule has 0 aliphatic carbocycles. The zero-order chi connectivity index (χ0) is 12.4. The summed E-state index contributed by atoms with van der Waals surface area (Å²) in [5, 5.41) is 3.12. The van der Waals surface area contributed by atoms with Crippen LogP contribution in [0.25, 0.3) is 6.08 Å². The third-order valence-electron chi connectivity index (χ3n) is 3.18. The van der Waals surface area contributed by atoms with Gasteiger partial charge in [0.1, 0.15) is 24.2 Å². The van der Waals surface area contributed by atoms with Crippen LogP contribution in [0.4, 0.5) is 0 Å². The molecule has 1 N–H and O–H groups in total. The van der Waals surface area contributed by atoms with Crippen LogP contribution in [0.15, 0.2) is 30.0 Å². The summed E-state index contributed by atoms with van der Waals surface area (Å²) in [5.74, 6) is 1.20. The van der Waals surface area contributed by atoms with E-state index < -0.39 is 0 Å². The fraction of sp³-hybridized carbons (Fsp3) is 0.357. The predicted molar refractivity (Wildman–Crippen MR) is 67.0 cm³/mol. The molecule has 0 radical (unpaired) electrons. The molecule has 0 unspecified atom stereocenters. The molecular formula is C14H15NO3. The highest BCUT2D eigenvalue weighted by Crippen LogP contribution is 2.26. The Labute approximate surface area is 106 Å². The van der Waals surface area contributed by atoms with Gasteiger partial charge in [-0.05, 0) is 31.5 Å². The van der Waals surface area contributed by atoms with E-state index in [1.807, 2.05) is 30.3 Å². The van der Waals surface area contributed by atoms with Gasteiger partial charge in [-0.1, -0.05) is 18.2 Å². The van der Waals surface area contributed by atoms with Gasteiger partial charge in [0, 0.05) is 5.56 Å². The Morgan fingerprint density at radius 3 is 3.11 bits per heavy atom. The second kappa shape index (κ2) is 4.82. The van der Waals surface area contributed by atoms with Gasteiger partial charge in [0.2, 0.25) is 0 Å². The molecule has 0 spiro atoms. The van der Waals surface area contributed by atoms with E-state index in [-0.39, 0.29) is 12.0 Å². The van der Waals surface area contributed by atoms with Crippen molar-refractivity contribution in [2.75, 3.05) is 13.2 Å². The van der Waals surface area contributed by atoms with Gasteiger partial charge >= 0.3 is 5.97 Å². The molecule has 0 saturated carbocycles. The third kappa shape index (κ3) is 2.24. The number of carbonyl (C=O) groups is 1.